The van der Waals surface area contributed by atoms with Crippen LogP contribution in [0.3, 0.4) is 0 Å². The molecule has 0 saturated heterocycles. The third kappa shape index (κ3) is 5.52. The second kappa shape index (κ2) is 9.13. The number of nitro groups is 1. The molecule has 0 bridgehead atoms. The van der Waals surface area contributed by atoms with Crippen LogP contribution < -0.4 is 10.1 Å². The molecule has 142 valence electrons. The molecule has 0 radical (unpaired) electrons. The van der Waals surface area contributed by atoms with E-state index in [1.165, 1.54) is 31.9 Å². The molecule has 2 aromatic rings. The molecule has 0 saturated carbocycles. The Labute approximate surface area is 159 Å². The van der Waals surface area contributed by atoms with Crippen molar-refractivity contribution in [3.63, 3.8) is 0 Å². The fraction of sp³-hybridized carbons (Fsp3) is 0.222. The highest BCUT2D eigenvalue weighted by molar-refractivity contribution is 7.99. The van der Waals surface area contributed by atoms with Gasteiger partial charge in [0.15, 0.2) is 5.78 Å². The molecule has 0 fully saturated rings. The first-order valence-corrected chi connectivity index (χ1v) is 8.96. The Kier molecular flexibility index (Phi) is 6.89. The molecule has 0 unspecified atom stereocenters. The number of rotatable bonds is 8. The number of methoxy groups -OCH3 is 1. The van der Waals surface area contributed by atoms with Crippen molar-refractivity contribution in [1.82, 2.24) is 0 Å². The minimum Gasteiger partial charge on any atom is -0.496 e. The van der Waals surface area contributed by atoms with Gasteiger partial charge < -0.3 is 10.1 Å². The lowest BCUT2D eigenvalue weighted by atomic mass is 10.1. The average molecular weight is 392 g/mol. The van der Waals surface area contributed by atoms with Crippen molar-refractivity contribution in [3.8, 4) is 5.75 Å². The summed E-state index contributed by atoms with van der Waals surface area (Å²) in [4.78, 5) is 33.4. The lowest BCUT2D eigenvalue weighted by Crippen LogP contribution is -2.14. The van der Waals surface area contributed by atoms with Crippen molar-refractivity contribution < 1.29 is 23.6 Å². The third-order valence-electron chi connectivity index (χ3n) is 3.60. The smallest absolute Gasteiger partial charge is 0.306 e. The Hall–Kier alpha value is -2.94. The second-order valence-electron chi connectivity index (χ2n) is 5.55. The van der Waals surface area contributed by atoms with Gasteiger partial charge in [-0.05, 0) is 37.3 Å². The summed E-state index contributed by atoms with van der Waals surface area (Å²) < 4.78 is 18.6. The van der Waals surface area contributed by atoms with Crippen molar-refractivity contribution in [2.24, 2.45) is 0 Å². The van der Waals surface area contributed by atoms with Gasteiger partial charge in [-0.15, -0.1) is 11.8 Å². The molecule has 1 N–H and O–H groups in total. The summed E-state index contributed by atoms with van der Waals surface area (Å²) in [5, 5.41) is 13.2. The lowest BCUT2D eigenvalue weighted by molar-refractivity contribution is -0.387. The van der Waals surface area contributed by atoms with Crippen LogP contribution in [0.15, 0.2) is 36.4 Å². The van der Waals surface area contributed by atoms with Crippen LogP contribution in [-0.2, 0) is 10.5 Å². The van der Waals surface area contributed by atoms with Gasteiger partial charge in [-0.25, -0.2) is 0 Å². The molecule has 0 heterocycles. The molecule has 7 nitrogen and oxygen atoms in total. The van der Waals surface area contributed by atoms with E-state index in [-0.39, 0.29) is 23.1 Å². The SMILES string of the molecule is COc1ccc(C(C)=O)cc1CSCC(=O)Nc1ccc(F)c([N+](=O)[O-])c1. The highest BCUT2D eigenvalue weighted by Crippen LogP contribution is 2.25. The molecular weight excluding hydrogens is 375 g/mol. The summed E-state index contributed by atoms with van der Waals surface area (Å²) in [5.41, 5.74) is 0.769. The summed E-state index contributed by atoms with van der Waals surface area (Å²) in [5.74, 6) is -0.311. The zero-order chi connectivity index (χ0) is 20.0. The van der Waals surface area contributed by atoms with Crippen LogP contribution in [0.25, 0.3) is 0 Å². The number of thioether (sulfide) groups is 1. The topological polar surface area (TPSA) is 98.5 Å². The number of carbonyl (C=O) groups is 2. The van der Waals surface area contributed by atoms with Gasteiger partial charge in [0.2, 0.25) is 11.7 Å². The molecule has 1 amide bonds. The van der Waals surface area contributed by atoms with Gasteiger partial charge >= 0.3 is 5.69 Å². The van der Waals surface area contributed by atoms with E-state index in [2.05, 4.69) is 5.32 Å². The van der Waals surface area contributed by atoms with Crippen LogP contribution in [0.1, 0.15) is 22.8 Å². The predicted molar refractivity (Wildman–Crippen MR) is 101 cm³/mol. The van der Waals surface area contributed by atoms with Crippen LogP contribution in [0.4, 0.5) is 15.8 Å². The van der Waals surface area contributed by atoms with E-state index in [1.807, 2.05) is 0 Å². The van der Waals surface area contributed by atoms with Gasteiger partial charge in [0.1, 0.15) is 5.75 Å². The minimum atomic E-state index is -0.968. The van der Waals surface area contributed by atoms with Gasteiger partial charge in [0.25, 0.3) is 0 Å². The summed E-state index contributed by atoms with van der Waals surface area (Å²) in [6.45, 7) is 1.47. The Balaban J connectivity index is 1.97. The van der Waals surface area contributed by atoms with E-state index in [1.54, 1.807) is 18.2 Å². The normalized spacial score (nSPS) is 10.3. The van der Waals surface area contributed by atoms with Gasteiger partial charge in [0.05, 0.1) is 17.8 Å². The average Bonchev–Trinajstić information content (AvgIpc) is 2.62. The molecular formula is C18H17FN2O5S. The summed E-state index contributed by atoms with van der Waals surface area (Å²) in [6.07, 6.45) is 0. The number of amides is 1. The van der Waals surface area contributed by atoms with E-state index >= 15 is 0 Å². The fourth-order valence-electron chi connectivity index (χ4n) is 2.29. The molecule has 0 spiro atoms. The number of nitrogens with zero attached hydrogens (tertiary/aromatic N) is 1. The number of halogens is 1. The lowest BCUT2D eigenvalue weighted by Gasteiger charge is -2.10. The van der Waals surface area contributed by atoms with Gasteiger partial charge in [0, 0.05) is 28.6 Å². The number of nitrogens with one attached hydrogen (secondary N) is 1. The van der Waals surface area contributed by atoms with Crippen molar-refractivity contribution in [1.29, 1.82) is 0 Å². The number of ketones is 1. The number of hydrogen-bond acceptors (Lipinski definition) is 6. The zero-order valence-electron chi connectivity index (χ0n) is 14.7. The van der Waals surface area contributed by atoms with E-state index in [0.717, 1.165) is 17.7 Å². The number of carbonyl (C=O) groups excluding carboxylic acids is 2. The first-order chi connectivity index (χ1) is 12.8. The Bertz CT molecular complexity index is 888. The third-order valence-corrected chi connectivity index (χ3v) is 4.59. The first kappa shape index (κ1) is 20.4. The summed E-state index contributed by atoms with van der Waals surface area (Å²) in [6, 6.07) is 8.24. The summed E-state index contributed by atoms with van der Waals surface area (Å²) >= 11 is 1.29. The van der Waals surface area contributed by atoms with Crippen molar-refractivity contribution in [2.45, 2.75) is 12.7 Å². The molecule has 0 atom stereocenters. The van der Waals surface area contributed by atoms with Crippen LogP contribution in [-0.4, -0.2) is 29.5 Å². The largest absolute Gasteiger partial charge is 0.496 e. The van der Waals surface area contributed by atoms with Crippen LogP contribution in [0.5, 0.6) is 5.75 Å². The number of anilines is 1. The summed E-state index contributed by atoms with van der Waals surface area (Å²) in [7, 11) is 1.52. The van der Waals surface area contributed by atoms with E-state index < -0.39 is 16.4 Å². The Morgan fingerprint density at radius 3 is 2.63 bits per heavy atom. The van der Waals surface area contributed by atoms with Crippen molar-refractivity contribution >= 4 is 34.8 Å². The number of nitro benzene ring substituents is 1. The number of hydrogen-bond donors (Lipinski definition) is 1. The molecule has 27 heavy (non-hydrogen) atoms. The second-order valence-corrected chi connectivity index (χ2v) is 6.53. The van der Waals surface area contributed by atoms with Crippen LogP contribution in [0, 0.1) is 15.9 Å². The molecule has 0 aliphatic carbocycles. The first-order valence-electron chi connectivity index (χ1n) is 7.81. The quantitative estimate of drug-likeness (QED) is 0.417. The predicted octanol–water partition coefficient (Wildman–Crippen LogP) is 3.82. The highest BCUT2D eigenvalue weighted by atomic mass is 32.2. The maximum absolute atomic E-state index is 13.3. The van der Waals surface area contributed by atoms with Gasteiger partial charge in [-0.1, -0.05) is 0 Å². The van der Waals surface area contributed by atoms with Crippen LogP contribution in [0.2, 0.25) is 0 Å². The highest BCUT2D eigenvalue weighted by Gasteiger charge is 2.15. The van der Waals surface area contributed by atoms with Crippen LogP contribution >= 0.6 is 11.8 Å². The maximum atomic E-state index is 13.3. The number of benzene rings is 2. The van der Waals surface area contributed by atoms with E-state index in [9.17, 15) is 24.1 Å². The standard InChI is InChI=1S/C18H17FN2O5S/c1-11(22)12-3-6-17(26-2)13(7-12)9-27-10-18(23)20-14-4-5-15(19)16(8-14)21(24)25/h3-8H,9-10H2,1-2H3,(H,20,23). The van der Waals surface area contributed by atoms with Gasteiger partial charge in [-0.3, -0.25) is 19.7 Å². The molecule has 0 aliphatic heterocycles. The Morgan fingerprint density at radius 2 is 2.00 bits per heavy atom. The monoisotopic (exact) mass is 392 g/mol. The minimum absolute atomic E-state index is 0.0681. The molecule has 9 heteroatoms. The van der Waals surface area contributed by atoms with E-state index in [4.69, 9.17) is 4.74 Å². The maximum Gasteiger partial charge on any atom is 0.306 e. The number of Topliss-reactive ketones (excluding diaryl/α,β-unsaturated/α-hetero) is 1. The van der Waals surface area contributed by atoms with E-state index in [0.29, 0.717) is 17.1 Å². The van der Waals surface area contributed by atoms with Gasteiger partial charge in [-0.2, -0.15) is 4.39 Å². The zero-order valence-corrected chi connectivity index (χ0v) is 15.5. The number of ether oxygens (including phenoxy) is 1. The molecule has 2 aromatic carbocycles. The Morgan fingerprint density at radius 1 is 1.26 bits per heavy atom. The molecule has 2 rings (SSSR count). The van der Waals surface area contributed by atoms with Crippen molar-refractivity contribution in [3.05, 3.63) is 63.5 Å². The fourth-order valence-corrected chi connectivity index (χ4v) is 3.10. The molecule has 0 aromatic heterocycles. The molecule has 0 aliphatic rings. The van der Waals surface area contributed by atoms with Crippen molar-refractivity contribution in [2.75, 3.05) is 18.2 Å².